The largest absolute Gasteiger partial charge is 0.462 e. The Morgan fingerprint density at radius 1 is 0.323 bits per heavy atom. The Balaban J connectivity index is 4.57. The topological polar surface area (TPSA) is 78.9 Å². The van der Waals surface area contributed by atoms with Gasteiger partial charge in [-0.1, -0.05) is 238 Å². The average Bonchev–Trinajstić information content (AvgIpc) is 3.30. The quantitative estimate of drug-likeness (QED) is 0.0199. The van der Waals surface area contributed by atoms with Crippen LogP contribution in [0.4, 0.5) is 0 Å². The molecule has 1 atom stereocenters. The fraction of sp³-hybridized carbons (Fsp3) is 0.576. The van der Waals surface area contributed by atoms with E-state index in [9.17, 15) is 14.4 Å². The van der Waals surface area contributed by atoms with Gasteiger partial charge < -0.3 is 14.2 Å². The van der Waals surface area contributed by atoms with E-state index in [1.54, 1.807) is 0 Å². The van der Waals surface area contributed by atoms with Gasteiger partial charge in [-0.3, -0.25) is 14.4 Å². The predicted molar refractivity (Wildman–Crippen MR) is 279 cm³/mol. The van der Waals surface area contributed by atoms with Crippen molar-refractivity contribution in [3.05, 3.63) is 134 Å². The molecule has 0 aromatic rings. The van der Waals surface area contributed by atoms with Gasteiger partial charge in [0.2, 0.25) is 0 Å². The summed E-state index contributed by atoms with van der Waals surface area (Å²) in [5, 5.41) is 0. The molecule has 1 unspecified atom stereocenters. The van der Waals surface area contributed by atoms with E-state index in [0.717, 1.165) is 89.9 Å². The molecule has 0 rings (SSSR count). The van der Waals surface area contributed by atoms with E-state index in [1.165, 1.54) is 64.2 Å². The lowest BCUT2D eigenvalue weighted by Gasteiger charge is -2.18. The number of unbranched alkanes of at least 4 members (excludes halogenated alkanes) is 19. The molecule has 0 N–H and O–H groups in total. The second-order valence-corrected chi connectivity index (χ2v) is 16.6. The van der Waals surface area contributed by atoms with E-state index in [-0.39, 0.29) is 37.5 Å². The summed E-state index contributed by atoms with van der Waals surface area (Å²) in [6.07, 6.45) is 72.9. The fourth-order valence-corrected chi connectivity index (χ4v) is 6.50. The van der Waals surface area contributed by atoms with Crippen molar-refractivity contribution in [2.45, 2.75) is 207 Å². The number of carbonyl (C=O) groups is 3. The van der Waals surface area contributed by atoms with E-state index in [0.29, 0.717) is 19.3 Å². The van der Waals surface area contributed by atoms with Gasteiger partial charge in [0.05, 0.1) is 0 Å². The van der Waals surface area contributed by atoms with Gasteiger partial charge in [-0.2, -0.15) is 0 Å². The molecule has 65 heavy (non-hydrogen) atoms. The third-order valence-corrected chi connectivity index (χ3v) is 10.3. The SMILES string of the molecule is CC/C=C/C=C/C=C/C=C/C=C/CCCC(=O)OCC(COC(=O)CCCCCCC/C=C/C=C/C=C/C=C/C=C/CCC)OC(=O)CCCCCCC/C=C/CCCCCCCCC. The van der Waals surface area contributed by atoms with Crippen LogP contribution in [-0.4, -0.2) is 37.2 Å². The average molecular weight is 897 g/mol. The van der Waals surface area contributed by atoms with E-state index < -0.39 is 6.10 Å². The van der Waals surface area contributed by atoms with Crippen molar-refractivity contribution in [3.63, 3.8) is 0 Å². The first kappa shape index (κ1) is 60.6. The molecule has 0 aliphatic heterocycles. The molecule has 0 aliphatic carbocycles. The Morgan fingerprint density at radius 2 is 0.662 bits per heavy atom. The van der Waals surface area contributed by atoms with Crippen molar-refractivity contribution in [1.82, 2.24) is 0 Å². The Bertz CT molecular complexity index is 1450. The van der Waals surface area contributed by atoms with Crippen LogP contribution in [0.25, 0.3) is 0 Å². The second-order valence-electron chi connectivity index (χ2n) is 16.6. The van der Waals surface area contributed by atoms with Crippen LogP contribution < -0.4 is 0 Å². The number of allylic oxidation sites excluding steroid dienone is 22. The highest BCUT2D eigenvalue weighted by atomic mass is 16.6. The summed E-state index contributed by atoms with van der Waals surface area (Å²) < 4.78 is 16.7. The normalized spacial score (nSPS) is 13.2. The molecule has 6 heteroatoms. The number of carbonyl (C=O) groups excluding carboxylic acids is 3. The molecule has 0 aromatic carbocycles. The van der Waals surface area contributed by atoms with Crippen LogP contribution in [0.5, 0.6) is 0 Å². The summed E-state index contributed by atoms with van der Waals surface area (Å²) in [6, 6.07) is 0. The molecular weight excluding hydrogens is 805 g/mol. The summed E-state index contributed by atoms with van der Waals surface area (Å²) in [5.74, 6) is -1.04. The van der Waals surface area contributed by atoms with E-state index in [2.05, 4.69) is 63.3 Å². The molecule has 0 saturated heterocycles. The maximum absolute atomic E-state index is 12.8. The van der Waals surface area contributed by atoms with Gasteiger partial charge in [0.15, 0.2) is 6.10 Å². The Kier molecular flexibility index (Phi) is 48.6. The molecule has 0 radical (unpaired) electrons. The van der Waals surface area contributed by atoms with Gasteiger partial charge in [0.1, 0.15) is 13.2 Å². The molecule has 0 spiro atoms. The summed E-state index contributed by atoms with van der Waals surface area (Å²) in [4.78, 5) is 38.0. The highest BCUT2D eigenvalue weighted by Gasteiger charge is 2.19. The zero-order valence-electron chi connectivity index (χ0n) is 41.4. The first-order chi connectivity index (χ1) is 32.0. The molecular formula is C59H92O6. The third-order valence-electron chi connectivity index (χ3n) is 10.3. The lowest BCUT2D eigenvalue weighted by Crippen LogP contribution is -2.30. The van der Waals surface area contributed by atoms with Gasteiger partial charge >= 0.3 is 17.9 Å². The third kappa shape index (κ3) is 50.4. The van der Waals surface area contributed by atoms with Crippen LogP contribution in [0.2, 0.25) is 0 Å². The lowest BCUT2D eigenvalue weighted by molar-refractivity contribution is -0.167. The first-order valence-electron chi connectivity index (χ1n) is 25.8. The molecule has 364 valence electrons. The van der Waals surface area contributed by atoms with Crippen molar-refractivity contribution in [1.29, 1.82) is 0 Å². The summed E-state index contributed by atoms with van der Waals surface area (Å²) in [5.41, 5.74) is 0. The maximum atomic E-state index is 12.8. The van der Waals surface area contributed by atoms with Crippen molar-refractivity contribution in [2.24, 2.45) is 0 Å². The van der Waals surface area contributed by atoms with Crippen LogP contribution in [0.3, 0.4) is 0 Å². The fourth-order valence-electron chi connectivity index (χ4n) is 6.50. The van der Waals surface area contributed by atoms with Crippen LogP contribution in [0, 0.1) is 0 Å². The van der Waals surface area contributed by atoms with Crippen molar-refractivity contribution < 1.29 is 28.6 Å². The van der Waals surface area contributed by atoms with Crippen LogP contribution in [0.1, 0.15) is 201 Å². The smallest absolute Gasteiger partial charge is 0.306 e. The molecule has 6 nitrogen and oxygen atoms in total. The number of rotatable bonds is 44. The Hall–Kier alpha value is -4.45. The predicted octanol–water partition coefficient (Wildman–Crippen LogP) is 17.1. The molecule has 0 bridgehead atoms. The van der Waals surface area contributed by atoms with Crippen LogP contribution in [-0.2, 0) is 28.6 Å². The van der Waals surface area contributed by atoms with Crippen LogP contribution >= 0.6 is 0 Å². The van der Waals surface area contributed by atoms with Gasteiger partial charge in [-0.25, -0.2) is 0 Å². The number of ether oxygens (including phenoxy) is 3. The van der Waals surface area contributed by atoms with Gasteiger partial charge in [-0.15, -0.1) is 0 Å². The van der Waals surface area contributed by atoms with Gasteiger partial charge in [0.25, 0.3) is 0 Å². The minimum atomic E-state index is -0.827. The maximum Gasteiger partial charge on any atom is 0.306 e. The van der Waals surface area contributed by atoms with Crippen molar-refractivity contribution in [3.8, 4) is 0 Å². The van der Waals surface area contributed by atoms with E-state index in [4.69, 9.17) is 14.2 Å². The summed E-state index contributed by atoms with van der Waals surface area (Å²) in [6.45, 7) is 6.29. The standard InChI is InChI=1S/C59H92O6/c1-4-7-10-13-16-19-22-25-27-29-30-32-34-37-40-43-46-49-52-58(61)64-55-56(54-63-57(60)51-48-45-42-39-36-33-24-21-18-15-12-9-6-3)65-59(62)53-50-47-44-41-38-35-31-28-26-23-20-17-14-11-8-5-2/h9-10,12-13,15-16,18-19,21-22,24-25,27-33,36,39,42,56H,4-8,11,14,17,20,23,26,34-35,37-38,40-41,43-55H2,1-3H3/b12-9+,13-10+,18-15+,19-16+,24-21+,25-22+,29-27+,31-28+,32-30+,36-33+,42-39+. The van der Waals surface area contributed by atoms with Gasteiger partial charge in [0, 0.05) is 19.3 Å². The zero-order chi connectivity index (χ0) is 47.2. The number of esters is 3. The zero-order valence-corrected chi connectivity index (χ0v) is 41.4. The molecule has 0 fully saturated rings. The minimum Gasteiger partial charge on any atom is -0.462 e. The number of hydrogen-bond donors (Lipinski definition) is 0. The monoisotopic (exact) mass is 897 g/mol. The lowest BCUT2D eigenvalue weighted by atomic mass is 10.1. The Labute approximate surface area is 398 Å². The molecule has 0 saturated carbocycles. The van der Waals surface area contributed by atoms with E-state index >= 15 is 0 Å². The molecule has 0 aliphatic rings. The Morgan fingerprint density at radius 3 is 1.11 bits per heavy atom. The highest BCUT2D eigenvalue weighted by Crippen LogP contribution is 2.13. The second kappa shape index (κ2) is 52.2. The summed E-state index contributed by atoms with van der Waals surface area (Å²) in [7, 11) is 0. The van der Waals surface area contributed by atoms with Crippen molar-refractivity contribution >= 4 is 17.9 Å². The molecule has 0 aromatic heterocycles. The van der Waals surface area contributed by atoms with Crippen molar-refractivity contribution in [2.75, 3.05) is 13.2 Å². The minimum absolute atomic E-state index is 0.122. The molecule has 0 heterocycles. The number of hydrogen-bond acceptors (Lipinski definition) is 6. The summed E-state index contributed by atoms with van der Waals surface area (Å²) >= 11 is 0. The van der Waals surface area contributed by atoms with Gasteiger partial charge in [-0.05, 0) is 77.0 Å². The first-order valence-corrected chi connectivity index (χ1v) is 25.8. The van der Waals surface area contributed by atoms with E-state index in [1.807, 2.05) is 91.1 Å². The van der Waals surface area contributed by atoms with Crippen LogP contribution in [0.15, 0.2) is 134 Å². The highest BCUT2D eigenvalue weighted by molar-refractivity contribution is 5.71. The molecule has 0 amide bonds.